The number of ether oxygens (including phenoxy) is 2. The van der Waals surface area contributed by atoms with Crippen molar-refractivity contribution >= 4 is 22.6 Å². The van der Waals surface area contributed by atoms with Crippen molar-refractivity contribution in [1.82, 2.24) is 9.97 Å². The van der Waals surface area contributed by atoms with Crippen molar-refractivity contribution in [3.05, 3.63) is 83.9 Å². The summed E-state index contributed by atoms with van der Waals surface area (Å²) in [4.78, 5) is 20.7. The van der Waals surface area contributed by atoms with E-state index in [-0.39, 0.29) is 22.5 Å². The summed E-state index contributed by atoms with van der Waals surface area (Å²) in [6.07, 6.45) is 3.71. The third kappa shape index (κ3) is 4.87. The van der Waals surface area contributed by atoms with Crippen molar-refractivity contribution in [1.29, 1.82) is 0 Å². The van der Waals surface area contributed by atoms with Gasteiger partial charge in [0.25, 0.3) is 5.91 Å². The van der Waals surface area contributed by atoms with Gasteiger partial charge in [0.15, 0.2) is 23.1 Å². The summed E-state index contributed by atoms with van der Waals surface area (Å²) in [7, 11) is 0. The molecule has 0 aliphatic rings. The lowest BCUT2D eigenvalue weighted by Gasteiger charge is -2.12. The van der Waals surface area contributed by atoms with E-state index < -0.39 is 29.1 Å². The molecule has 33 heavy (non-hydrogen) atoms. The van der Waals surface area contributed by atoms with E-state index in [2.05, 4.69) is 15.3 Å². The molecule has 2 heterocycles. The van der Waals surface area contributed by atoms with Crippen LogP contribution in [0.2, 0.25) is 0 Å². The molecule has 0 atom stereocenters. The molecule has 4 rings (SSSR count). The van der Waals surface area contributed by atoms with E-state index in [0.29, 0.717) is 17.9 Å². The summed E-state index contributed by atoms with van der Waals surface area (Å²) in [5, 5.41) is 2.27. The van der Waals surface area contributed by atoms with Crippen LogP contribution in [0.1, 0.15) is 23.7 Å². The summed E-state index contributed by atoms with van der Waals surface area (Å²) in [6, 6.07) is 10.1. The molecule has 9 heteroatoms. The summed E-state index contributed by atoms with van der Waals surface area (Å²) >= 11 is 0. The monoisotopic (exact) mass is 453 g/mol. The normalized spacial score (nSPS) is 10.8. The van der Waals surface area contributed by atoms with Crippen LogP contribution < -0.4 is 14.8 Å². The largest absolute Gasteiger partial charge is 0.492 e. The SMILES string of the molecule is CCCOc1cnc2c(Oc3c(F)cc(NC(=O)c4ccccc4F)cc3F)ccnc2c1. The van der Waals surface area contributed by atoms with Crippen molar-refractivity contribution in [2.24, 2.45) is 0 Å². The number of nitrogens with zero attached hydrogens (tertiary/aromatic N) is 2. The van der Waals surface area contributed by atoms with Crippen molar-refractivity contribution in [2.75, 3.05) is 11.9 Å². The third-order valence-electron chi connectivity index (χ3n) is 4.57. The van der Waals surface area contributed by atoms with Gasteiger partial charge in [-0.25, -0.2) is 18.2 Å². The predicted octanol–water partition coefficient (Wildman–Crippen LogP) is 5.88. The van der Waals surface area contributed by atoms with Crippen LogP contribution >= 0.6 is 0 Å². The number of aromatic nitrogens is 2. The maximum Gasteiger partial charge on any atom is 0.258 e. The number of rotatable bonds is 7. The lowest BCUT2D eigenvalue weighted by molar-refractivity contribution is 0.102. The Labute approximate surface area is 187 Å². The Bertz CT molecular complexity index is 1310. The zero-order valence-electron chi connectivity index (χ0n) is 17.4. The van der Waals surface area contributed by atoms with Gasteiger partial charge < -0.3 is 14.8 Å². The number of hydrogen-bond donors (Lipinski definition) is 1. The minimum absolute atomic E-state index is 0.0861. The molecule has 0 spiro atoms. The average molecular weight is 453 g/mol. The number of pyridine rings is 2. The molecule has 0 radical (unpaired) electrons. The second-order valence-corrected chi connectivity index (χ2v) is 7.00. The molecule has 0 saturated carbocycles. The highest BCUT2D eigenvalue weighted by Gasteiger charge is 2.18. The zero-order chi connectivity index (χ0) is 23.4. The molecule has 0 saturated heterocycles. The van der Waals surface area contributed by atoms with Gasteiger partial charge in [-0.3, -0.25) is 9.78 Å². The van der Waals surface area contributed by atoms with Crippen molar-refractivity contribution in [3.8, 4) is 17.2 Å². The topological polar surface area (TPSA) is 73.3 Å². The fourth-order valence-electron chi connectivity index (χ4n) is 3.05. The van der Waals surface area contributed by atoms with Crippen LogP contribution in [0.5, 0.6) is 17.2 Å². The third-order valence-corrected chi connectivity index (χ3v) is 4.57. The van der Waals surface area contributed by atoms with Crippen LogP contribution in [0.3, 0.4) is 0 Å². The van der Waals surface area contributed by atoms with Gasteiger partial charge in [0, 0.05) is 36.1 Å². The molecule has 2 aromatic heterocycles. The first-order valence-corrected chi connectivity index (χ1v) is 10.1. The number of amides is 1. The van der Waals surface area contributed by atoms with Gasteiger partial charge >= 0.3 is 0 Å². The quantitative estimate of drug-likeness (QED) is 0.378. The van der Waals surface area contributed by atoms with Crippen LogP contribution in [-0.4, -0.2) is 22.5 Å². The number of hydrogen-bond acceptors (Lipinski definition) is 5. The first kappa shape index (κ1) is 22.1. The molecule has 6 nitrogen and oxygen atoms in total. The number of anilines is 1. The van der Waals surface area contributed by atoms with E-state index in [1.807, 2.05) is 6.92 Å². The van der Waals surface area contributed by atoms with Crippen molar-refractivity contribution < 1.29 is 27.4 Å². The highest BCUT2D eigenvalue weighted by Crippen LogP contribution is 2.33. The fraction of sp³-hybridized carbons (Fsp3) is 0.125. The maximum atomic E-state index is 14.7. The molecule has 1 amide bonds. The molecular weight excluding hydrogens is 435 g/mol. The minimum atomic E-state index is -1.06. The van der Waals surface area contributed by atoms with E-state index >= 15 is 0 Å². The highest BCUT2D eigenvalue weighted by molar-refractivity contribution is 6.04. The standard InChI is InChI=1S/C24H18F3N3O3/c1-2-9-32-15-12-20-22(29-13-15)21(7-8-28-20)33-23-18(26)10-14(11-19(23)27)30-24(31)16-5-3-4-6-17(16)25/h3-8,10-13H,2,9H2,1H3,(H,30,31). The molecule has 1 N–H and O–H groups in total. The molecule has 0 aliphatic heterocycles. The summed E-state index contributed by atoms with van der Waals surface area (Å²) in [5.41, 5.74) is 0.268. The summed E-state index contributed by atoms with van der Waals surface area (Å²) in [5.74, 6) is -3.80. The molecule has 0 fully saturated rings. The number of carbonyl (C=O) groups is 1. The number of benzene rings is 2. The second-order valence-electron chi connectivity index (χ2n) is 7.00. The summed E-state index contributed by atoms with van der Waals surface area (Å²) < 4.78 is 54.1. The summed E-state index contributed by atoms with van der Waals surface area (Å²) in [6.45, 7) is 2.48. The number of carbonyl (C=O) groups excluding carboxylic acids is 1. The number of halogens is 3. The Morgan fingerprint density at radius 1 is 1.00 bits per heavy atom. The van der Waals surface area contributed by atoms with Gasteiger partial charge in [-0.2, -0.15) is 0 Å². The van der Waals surface area contributed by atoms with E-state index in [1.54, 1.807) is 6.07 Å². The molecule has 2 aromatic carbocycles. The second kappa shape index (κ2) is 9.56. The smallest absolute Gasteiger partial charge is 0.258 e. The zero-order valence-corrected chi connectivity index (χ0v) is 17.4. The van der Waals surface area contributed by atoms with E-state index in [9.17, 15) is 18.0 Å². The Morgan fingerprint density at radius 3 is 2.48 bits per heavy atom. The average Bonchev–Trinajstić information content (AvgIpc) is 2.80. The lowest BCUT2D eigenvalue weighted by atomic mass is 10.2. The minimum Gasteiger partial charge on any atom is -0.492 e. The molecule has 4 aromatic rings. The Balaban J connectivity index is 1.58. The Hall–Kier alpha value is -4.14. The highest BCUT2D eigenvalue weighted by atomic mass is 19.1. The molecule has 0 aliphatic carbocycles. The van der Waals surface area contributed by atoms with Crippen LogP contribution in [0, 0.1) is 17.5 Å². The lowest BCUT2D eigenvalue weighted by Crippen LogP contribution is -2.14. The van der Waals surface area contributed by atoms with Crippen LogP contribution in [0.15, 0.2) is 60.9 Å². The van der Waals surface area contributed by atoms with Gasteiger partial charge in [-0.15, -0.1) is 0 Å². The first-order valence-electron chi connectivity index (χ1n) is 10.1. The van der Waals surface area contributed by atoms with Gasteiger partial charge in [0.2, 0.25) is 0 Å². The van der Waals surface area contributed by atoms with Gasteiger partial charge in [0.05, 0.1) is 23.9 Å². The van der Waals surface area contributed by atoms with Crippen LogP contribution in [-0.2, 0) is 0 Å². The predicted molar refractivity (Wildman–Crippen MR) is 116 cm³/mol. The molecular formula is C24H18F3N3O3. The maximum absolute atomic E-state index is 14.7. The van der Waals surface area contributed by atoms with Gasteiger partial charge in [-0.1, -0.05) is 19.1 Å². The van der Waals surface area contributed by atoms with Crippen molar-refractivity contribution in [2.45, 2.75) is 13.3 Å². The van der Waals surface area contributed by atoms with Crippen LogP contribution in [0.4, 0.5) is 18.9 Å². The fourth-order valence-corrected chi connectivity index (χ4v) is 3.05. The van der Waals surface area contributed by atoms with E-state index in [0.717, 1.165) is 24.6 Å². The van der Waals surface area contributed by atoms with E-state index in [1.165, 1.54) is 36.7 Å². The number of nitrogens with one attached hydrogen (secondary N) is 1. The molecule has 0 bridgehead atoms. The van der Waals surface area contributed by atoms with Gasteiger partial charge in [0.1, 0.15) is 17.1 Å². The Morgan fingerprint density at radius 2 is 1.76 bits per heavy atom. The first-order chi connectivity index (χ1) is 16.0. The van der Waals surface area contributed by atoms with E-state index in [4.69, 9.17) is 9.47 Å². The number of fused-ring (bicyclic) bond motifs is 1. The molecule has 168 valence electrons. The van der Waals surface area contributed by atoms with Crippen LogP contribution in [0.25, 0.3) is 11.0 Å². The Kier molecular flexibility index (Phi) is 6.39. The van der Waals surface area contributed by atoms with Gasteiger partial charge in [-0.05, 0) is 18.6 Å². The van der Waals surface area contributed by atoms with Crippen molar-refractivity contribution in [3.63, 3.8) is 0 Å². The molecule has 0 unspecified atom stereocenters.